The van der Waals surface area contributed by atoms with Gasteiger partial charge in [-0.2, -0.15) is 8.78 Å². The Hall–Kier alpha value is -1.03. The molecule has 0 unspecified atom stereocenters. The van der Waals surface area contributed by atoms with Crippen molar-refractivity contribution in [2.75, 3.05) is 13.1 Å². The summed E-state index contributed by atoms with van der Waals surface area (Å²) in [6, 6.07) is 4.98. The minimum absolute atomic E-state index is 0.288. The van der Waals surface area contributed by atoms with Crippen LogP contribution in [-0.2, 0) is 5.92 Å². The van der Waals surface area contributed by atoms with Gasteiger partial charge in [0.25, 0.3) is 5.92 Å². The van der Waals surface area contributed by atoms with Gasteiger partial charge < -0.3 is 5.32 Å². The van der Waals surface area contributed by atoms with Gasteiger partial charge in [0.1, 0.15) is 5.82 Å². The highest BCUT2D eigenvalue weighted by atomic mass is 19.3. The molecule has 1 nitrogen and oxygen atoms in total. The number of hydrogen-bond donors (Lipinski definition) is 1. The van der Waals surface area contributed by atoms with Crippen molar-refractivity contribution >= 4 is 0 Å². The van der Waals surface area contributed by atoms with E-state index in [1.807, 2.05) is 13.8 Å². The van der Waals surface area contributed by atoms with Crippen molar-refractivity contribution in [3.05, 3.63) is 35.6 Å². The second-order valence-corrected chi connectivity index (χ2v) is 4.21. The van der Waals surface area contributed by atoms with Gasteiger partial charge in [-0.15, -0.1) is 0 Å². The molecule has 90 valence electrons. The zero-order chi connectivity index (χ0) is 12.2. The van der Waals surface area contributed by atoms with Crippen LogP contribution in [0.1, 0.15) is 19.4 Å². The molecule has 1 rings (SSSR count). The Morgan fingerprint density at radius 2 is 1.88 bits per heavy atom. The summed E-state index contributed by atoms with van der Waals surface area (Å²) >= 11 is 0. The molecule has 0 spiro atoms. The molecule has 1 N–H and O–H groups in total. The quantitative estimate of drug-likeness (QED) is 0.820. The average molecular weight is 231 g/mol. The molecule has 0 aliphatic carbocycles. The lowest BCUT2D eigenvalue weighted by Gasteiger charge is -2.18. The first-order valence-corrected chi connectivity index (χ1v) is 5.27. The predicted octanol–water partition coefficient (Wildman–Crippen LogP) is 3.16. The van der Waals surface area contributed by atoms with E-state index in [0.29, 0.717) is 6.54 Å². The normalized spacial score (nSPS) is 12.1. The summed E-state index contributed by atoms with van der Waals surface area (Å²) in [5.74, 6) is -3.74. The molecule has 4 heteroatoms. The molecule has 0 atom stereocenters. The van der Waals surface area contributed by atoms with Gasteiger partial charge in [0.05, 0.1) is 12.1 Å². The van der Waals surface area contributed by atoms with Crippen molar-refractivity contribution in [2.45, 2.75) is 19.8 Å². The zero-order valence-corrected chi connectivity index (χ0v) is 9.43. The summed E-state index contributed by atoms with van der Waals surface area (Å²) in [4.78, 5) is 0. The van der Waals surface area contributed by atoms with E-state index in [9.17, 15) is 13.2 Å². The Morgan fingerprint density at radius 1 is 1.25 bits per heavy atom. The first-order valence-electron chi connectivity index (χ1n) is 5.27. The Bertz CT molecular complexity index is 337. The van der Waals surface area contributed by atoms with Gasteiger partial charge in [-0.25, -0.2) is 4.39 Å². The maximum Gasteiger partial charge on any atom is 0.288 e. The SMILES string of the molecule is CC(C)CNCC(F)(F)c1ccccc1F. The maximum absolute atomic E-state index is 13.6. The van der Waals surface area contributed by atoms with E-state index in [1.54, 1.807) is 0 Å². The number of rotatable bonds is 5. The summed E-state index contributed by atoms with van der Waals surface area (Å²) in [7, 11) is 0. The topological polar surface area (TPSA) is 12.0 Å². The predicted molar refractivity (Wildman–Crippen MR) is 58.0 cm³/mol. The van der Waals surface area contributed by atoms with Gasteiger partial charge >= 0.3 is 0 Å². The van der Waals surface area contributed by atoms with Gasteiger partial charge in [-0.05, 0) is 18.5 Å². The minimum atomic E-state index is -3.17. The molecule has 0 saturated heterocycles. The molecule has 1 aromatic carbocycles. The van der Waals surface area contributed by atoms with Crippen LogP contribution in [0.15, 0.2) is 24.3 Å². The Kier molecular flexibility index (Phi) is 4.35. The van der Waals surface area contributed by atoms with Crippen LogP contribution in [0.3, 0.4) is 0 Å². The van der Waals surface area contributed by atoms with E-state index >= 15 is 0 Å². The zero-order valence-electron chi connectivity index (χ0n) is 9.43. The van der Waals surface area contributed by atoms with Crippen LogP contribution >= 0.6 is 0 Å². The van der Waals surface area contributed by atoms with Crippen molar-refractivity contribution in [3.63, 3.8) is 0 Å². The van der Waals surface area contributed by atoms with Gasteiger partial charge in [-0.1, -0.05) is 32.0 Å². The number of halogens is 3. The standard InChI is InChI=1S/C12H16F3N/c1-9(2)7-16-8-12(14,15)10-5-3-4-6-11(10)13/h3-6,9,16H,7-8H2,1-2H3. The van der Waals surface area contributed by atoms with E-state index in [-0.39, 0.29) is 5.92 Å². The molecule has 0 amide bonds. The molecule has 16 heavy (non-hydrogen) atoms. The fourth-order valence-corrected chi connectivity index (χ4v) is 1.37. The summed E-state index contributed by atoms with van der Waals surface area (Å²) in [5, 5.41) is 2.63. The van der Waals surface area contributed by atoms with Crippen LogP contribution in [0, 0.1) is 11.7 Å². The molecule has 0 aliphatic heterocycles. The molecular weight excluding hydrogens is 215 g/mol. The number of benzene rings is 1. The third kappa shape index (κ3) is 3.52. The molecule has 1 aromatic rings. The van der Waals surface area contributed by atoms with Crippen LogP contribution in [0.4, 0.5) is 13.2 Å². The molecule has 0 fully saturated rings. The second kappa shape index (κ2) is 5.34. The van der Waals surface area contributed by atoms with Crippen LogP contribution < -0.4 is 5.32 Å². The summed E-state index contributed by atoms with van der Waals surface area (Å²) in [5.41, 5.74) is -0.550. The number of nitrogens with one attached hydrogen (secondary N) is 1. The van der Waals surface area contributed by atoms with Crippen molar-refractivity contribution in [1.29, 1.82) is 0 Å². The number of alkyl halides is 2. The molecule has 0 heterocycles. The molecular formula is C12H16F3N. The second-order valence-electron chi connectivity index (χ2n) is 4.21. The average Bonchev–Trinajstić information content (AvgIpc) is 2.17. The van der Waals surface area contributed by atoms with Crippen molar-refractivity contribution in [3.8, 4) is 0 Å². The fraction of sp³-hybridized carbons (Fsp3) is 0.500. The van der Waals surface area contributed by atoms with Crippen LogP contribution in [0.25, 0.3) is 0 Å². The summed E-state index contributed by atoms with van der Waals surface area (Å²) in [6.45, 7) is 3.80. The highest BCUT2D eigenvalue weighted by Gasteiger charge is 2.33. The van der Waals surface area contributed by atoms with Crippen molar-refractivity contribution in [1.82, 2.24) is 5.32 Å². The van der Waals surface area contributed by atoms with E-state index < -0.39 is 23.8 Å². The van der Waals surface area contributed by atoms with Crippen LogP contribution in [0.5, 0.6) is 0 Å². The summed E-state index contributed by atoms with van der Waals surface area (Å²) < 4.78 is 40.3. The molecule has 0 bridgehead atoms. The lowest BCUT2D eigenvalue weighted by atomic mass is 10.1. The van der Waals surface area contributed by atoms with Crippen LogP contribution in [-0.4, -0.2) is 13.1 Å². The van der Waals surface area contributed by atoms with E-state index in [2.05, 4.69) is 5.32 Å². The summed E-state index contributed by atoms with van der Waals surface area (Å²) in [6.07, 6.45) is 0. The lowest BCUT2D eigenvalue weighted by molar-refractivity contribution is -0.00693. The van der Waals surface area contributed by atoms with Gasteiger partial charge in [0.2, 0.25) is 0 Å². The smallest absolute Gasteiger partial charge is 0.288 e. The Balaban J connectivity index is 2.66. The molecule has 0 radical (unpaired) electrons. The van der Waals surface area contributed by atoms with E-state index in [1.165, 1.54) is 12.1 Å². The third-order valence-corrected chi connectivity index (χ3v) is 2.17. The maximum atomic E-state index is 13.6. The van der Waals surface area contributed by atoms with Crippen LogP contribution in [0.2, 0.25) is 0 Å². The monoisotopic (exact) mass is 231 g/mol. The highest BCUT2D eigenvalue weighted by molar-refractivity contribution is 5.22. The Morgan fingerprint density at radius 3 is 2.44 bits per heavy atom. The molecule has 0 saturated carbocycles. The molecule has 0 aliphatic rings. The highest BCUT2D eigenvalue weighted by Crippen LogP contribution is 2.28. The van der Waals surface area contributed by atoms with Gasteiger partial charge in [0.15, 0.2) is 0 Å². The third-order valence-electron chi connectivity index (χ3n) is 2.17. The van der Waals surface area contributed by atoms with Gasteiger partial charge in [-0.3, -0.25) is 0 Å². The largest absolute Gasteiger partial charge is 0.311 e. The number of hydrogen-bond acceptors (Lipinski definition) is 1. The minimum Gasteiger partial charge on any atom is -0.311 e. The first kappa shape index (κ1) is 13.0. The van der Waals surface area contributed by atoms with Crippen molar-refractivity contribution < 1.29 is 13.2 Å². The van der Waals surface area contributed by atoms with Crippen molar-refractivity contribution in [2.24, 2.45) is 5.92 Å². The van der Waals surface area contributed by atoms with E-state index in [0.717, 1.165) is 12.1 Å². The Labute approximate surface area is 93.7 Å². The van der Waals surface area contributed by atoms with Gasteiger partial charge in [0, 0.05) is 0 Å². The first-order chi connectivity index (χ1) is 7.43. The lowest BCUT2D eigenvalue weighted by Crippen LogP contribution is -2.33. The fourth-order valence-electron chi connectivity index (χ4n) is 1.37. The van der Waals surface area contributed by atoms with E-state index in [4.69, 9.17) is 0 Å². The molecule has 0 aromatic heterocycles.